The highest BCUT2D eigenvalue weighted by Crippen LogP contribution is 2.31. The molecule has 2 heteroatoms. The summed E-state index contributed by atoms with van der Waals surface area (Å²) in [7, 11) is 0. The van der Waals surface area contributed by atoms with Gasteiger partial charge in [-0.15, -0.1) is 0 Å². The van der Waals surface area contributed by atoms with Crippen LogP contribution in [0.15, 0.2) is 78.9 Å². The Balaban J connectivity index is 1.79. The molecule has 0 spiro atoms. The molecule has 0 radical (unpaired) electrons. The first-order valence-corrected chi connectivity index (χ1v) is 7.62. The van der Waals surface area contributed by atoms with E-state index in [0.717, 1.165) is 10.9 Å². The van der Waals surface area contributed by atoms with E-state index < -0.39 is 0 Å². The molecule has 0 aliphatic heterocycles. The minimum atomic E-state index is 0.670. The first-order chi connectivity index (χ1) is 10.8. The fourth-order valence-electron chi connectivity index (χ4n) is 2.85. The average Bonchev–Trinajstić information content (AvgIpc) is 2.96. The Bertz CT molecular complexity index is 921. The number of hydrogen-bond acceptors (Lipinski definition) is 0. The van der Waals surface area contributed by atoms with Gasteiger partial charge in [0.15, 0.2) is 0 Å². The van der Waals surface area contributed by atoms with Gasteiger partial charge in [0.25, 0.3) is 0 Å². The summed E-state index contributed by atoms with van der Waals surface area (Å²) in [6.45, 7) is 0. The third kappa shape index (κ3) is 2.30. The molecule has 0 saturated carbocycles. The number of H-pyrrole nitrogens is 1. The number of hydrogen-bond donors (Lipinski definition) is 1. The Morgan fingerprint density at radius 1 is 0.636 bits per heavy atom. The van der Waals surface area contributed by atoms with E-state index in [-0.39, 0.29) is 0 Å². The number of aromatic nitrogens is 1. The molecule has 0 amide bonds. The van der Waals surface area contributed by atoms with Crippen LogP contribution in [-0.2, 0) is 0 Å². The topological polar surface area (TPSA) is 15.8 Å². The molecular formula is C20H14ClN. The van der Waals surface area contributed by atoms with Gasteiger partial charge in [-0.2, -0.15) is 0 Å². The highest BCUT2D eigenvalue weighted by molar-refractivity contribution is 6.31. The Kier molecular flexibility index (Phi) is 3.21. The SMILES string of the molecule is Clc1cc2c(-c3ccc(-c4ccccc4)cc3)cccc2[nH]1. The minimum Gasteiger partial charge on any atom is -0.346 e. The van der Waals surface area contributed by atoms with Gasteiger partial charge in [0, 0.05) is 10.9 Å². The summed E-state index contributed by atoms with van der Waals surface area (Å²) >= 11 is 6.09. The number of halogens is 1. The summed E-state index contributed by atoms with van der Waals surface area (Å²) in [5, 5.41) is 1.82. The zero-order valence-electron chi connectivity index (χ0n) is 11.9. The van der Waals surface area contributed by atoms with Crippen LogP contribution in [0.3, 0.4) is 0 Å². The molecular weight excluding hydrogens is 290 g/mol. The fraction of sp³-hybridized carbons (Fsp3) is 0. The van der Waals surface area contributed by atoms with Gasteiger partial charge in [-0.1, -0.05) is 78.3 Å². The lowest BCUT2D eigenvalue weighted by atomic mass is 9.98. The zero-order valence-corrected chi connectivity index (χ0v) is 12.6. The summed E-state index contributed by atoms with van der Waals surface area (Å²) in [5.41, 5.74) is 5.91. The monoisotopic (exact) mass is 303 g/mol. The predicted octanol–water partition coefficient (Wildman–Crippen LogP) is 6.16. The lowest BCUT2D eigenvalue weighted by Crippen LogP contribution is -1.81. The summed E-state index contributed by atoms with van der Waals surface area (Å²) < 4.78 is 0. The van der Waals surface area contributed by atoms with E-state index in [0.29, 0.717) is 5.15 Å². The second-order valence-electron chi connectivity index (χ2n) is 5.33. The summed E-state index contributed by atoms with van der Waals surface area (Å²) in [5.74, 6) is 0. The van der Waals surface area contributed by atoms with Crippen molar-refractivity contribution < 1.29 is 0 Å². The van der Waals surface area contributed by atoms with Crippen molar-refractivity contribution in [2.45, 2.75) is 0 Å². The Morgan fingerprint density at radius 3 is 2.09 bits per heavy atom. The first kappa shape index (κ1) is 13.2. The molecule has 0 fully saturated rings. The highest BCUT2D eigenvalue weighted by Gasteiger charge is 2.06. The summed E-state index contributed by atoms with van der Waals surface area (Å²) in [6, 6.07) is 27.3. The molecule has 4 aromatic rings. The smallest absolute Gasteiger partial charge is 0.107 e. The van der Waals surface area contributed by atoms with Crippen molar-refractivity contribution in [1.29, 1.82) is 0 Å². The van der Waals surface area contributed by atoms with Gasteiger partial charge in [-0.3, -0.25) is 0 Å². The normalized spacial score (nSPS) is 11.0. The first-order valence-electron chi connectivity index (χ1n) is 7.24. The van der Waals surface area contributed by atoms with Crippen LogP contribution < -0.4 is 0 Å². The maximum atomic E-state index is 6.09. The van der Waals surface area contributed by atoms with Gasteiger partial charge >= 0.3 is 0 Å². The summed E-state index contributed by atoms with van der Waals surface area (Å²) in [4.78, 5) is 3.17. The van der Waals surface area contributed by atoms with Crippen molar-refractivity contribution in [3.05, 3.63) is 84.0 Å². The van der Waals surface area contributed by atoms with E-state index in [2.05, 4.69) is 65.6 Å². The van der Waals surface area contributed by atoms with E-state index in [1.165, 1.54) is 22.3 Å². The molecule has 1 nitrogen and oxygen atoms in total. The van der Waals surface area contributed by atoms with Crippen molar-refractivity contribution in [2.24, 2.45) is 0 Å². The molecule has 4 rings (SSSR count). The van der Waals surface area contributed by atoms with Crippen molar-refractivity contribution in [3.63, 3.8) is 0 Å². The van der Waals surface area contributed by atoms with Gasteiger partial charge in [-0.05, 0) is 34.4 Å². The van der Waals surface area contributed by atoms with Crippen molar-refractivity contribution in [1.82, 2.24) is 4.98 Å². The van der Waals surface area contributed by atoms with E-state index in [1.54, 1.807) is 0 Å². The van der Waals surface area contributed by atoms with Gasteiger partial charge < -0.3 is 4.98 Å². The number of benzene rings is 3. The lowest BCUT2D eigenvalue weighted by Gasteiger charge is -2.06. The Morgan fingerprint density at radius 2 is 1.32 bits per heavy atom. The van der Waals surface area contributed by atoms with Gasteiger partial charge in [0.05, 0.1) is 0 Å². The standard InChI is InChI=1S/C20H14ClN/c21-20-13-18-17(7-4-8-19(18)22-20)16-11-9-15(10-12-16)14-5-2-1-3-6-14/h1-13,22H. The minimum absolute atomic E-state index is 0.670. The van der Waals surface area contributed by atoms with Crippen molar-refractivity contribution in [2.75, 3.05) is 0 Å². The predicted molar refractivity (Wildman–Crippen MR) is 94.2 cm³/mol. The number of fused-ring (bicyclic) bond motifs is 1. The number of aromatic amines is 1. The van der Waals surface area contributed by atoms with Crippen LogP contribution in [0, 0.1) is 0 Å². The van der Waals surface area contributed by atoms with Gasteiger partial charge in [0.2, 0.25) is 0 Å². The fourth-order valence-corrected chi connectivity index (χ4v) is 3.06. The van der Waals surface area contributed by atoms with Crippen LogP contribution in [0.4, 0.5) is 0 Å². The lowest BCUT2D eigenvalue weighted by molar-refractivity contribution is 1.47. The average molecular weight is 304 g/mol. The molecule has 0 atom stereocenters. The quantitative estimate of drug-likeness (QED) is 0.457. The van der Waals surface area contributed by atoms with Crippen LogP contribution in [0.5, 0.6) is 0 Å². The van der Waals surface area contributed by atoms with Crippen molar-refractivity contribution in [3.8, 4) is 22.3 Å². The molecule has 0 aliphatic rings. The van der Waals surface area contributed by atoms with E-state index in [1.807, 2.05) is 18.2 Å². The second-order valence-corrected chi connectivity index (χ2v) is 5.73. The molecule has 22 heavy (non-hydrogen) atoms. The summed E-state index contributed by atoms with van der Waals surface area (Å²) in [6.07, 6.45) is 0. The van der Waals surface area contributed by atoms with Crippen LogP contribution in [-0.4, -0.2) is 4.98 Å². The Hall–Kier alpha value is -2.51. The van der Waals surface area contributed by atoms with Crippen LogP contribution in [0.2, 0.25) is 5.15 Å². The van der Waals surface area contributed by atoms with Crippen LogP contribution in [0.25, 0.3) is 33.2 Å². The van der Waals surface area contributed by atoms with Gasteiger partial charge in [0.1, 0.15) is 5.15 Å². The van der Waals surface area contributed by atoms with Crippen LogP contribution >= 0.6 is 11.6 Å². The van der Waals surface area contributed by atoms with E-state index in [9.17, 15) is 0 Å². The molecule has 1 heterocycles. The molecule has 0 unspecified atom stereocenters. The maximum Gasteiger partial charge on any atom is 0.107 e. The third-order valence-corrected chi connectivity index (χ3v) is 4.14. The molecule has 0 saturated heterocycles. The van der Waals surface area contributed by atoms with Gasteiger partial charge in [-0.25, -0.2) is 0 Å². The van der Waals surface area contributed by atoms with Crippen molar-refractivity contribution >= 4 is 22.5 Å². The number of nitrogens with one attached hydrogen (secondary N) is 1. The largest absolute Gasteiger partial charge is 0.346 e. The Labute approximate surface area is 134 Å². The van der Waals surface area contributed by atoms with E-state index >= 15 is 0 Å². The third-order valence-electron chi connectivity index (χ3n) is 3.93. The molecule has 106 valence electrons. The number of rotatable bonds is 2. The molecule has 1 aromatic heterocycles. The van der Waals surface area contributed by atoms with E-state index in [4.69, 9.17) is 11.6 Å². The zero-order chi connectivity index (χ0) is 14.9. The molecule has 1 N–H and O–H groups in total. The molecule has 0 bridgehead atoms. The second kappa shape index (κ2) is 5.36. The van der Waals surface area contributed by atoms with Crippen LogP contribution in [0.1, 0.15) is 0 Å². The maximum absolute atomic E-state index is 6.09. The molecule has 3 aromatic carbocycles. The highest BCUT2D eigenvalue weighted by atomic mass is 35.5. The molecule has 0 aliphatic carbocycles.